The number of carbonyl (C=O) groups is 2. The van der Waals surface area contributed by atoms with E-state index in [9.17, 15) is 9.59 Å². The van der Waals surface area contributed by atoms with Gasteiger partial charge in [-0.15, -0.1) is 0 Å². The third kappa shape index (κ3) is 4.47. The number of nitrogens with one attached hydrogen (secondary N) is 2. The number of carbonyl (C=O) groups excluding carboxylic acids is 2. The molecule has 160 valence electrons. The summed E-state index contributed by atoms with van der Waals surface area (Å²) >= 11 is 0. The maximum absolute atomic E-state index is 12.9. The van der Waals surface area contributed by atoms with Crippen LogP contribution in [0.5, 0.6) is 5.75 Å². The number of amides is 2. The van der Waals surface area contributed by atoms with Crippen LogP contribution < -0.4 is 15.4 Å². The zero-order chi connectivity index (χ0) is 22.5. The van der Waals surface area contributed by atoms with E-state index in [0.29, 0.717) is 22.6 Å². The number of hydrogen-bond donors (Lipinski definition) is 2. The molecule has 1 atom stereocenters. The lowest BCUT2D eigenvalue weighted by Crippen LogP contribution is -2.27. The quantitative estimate of drug-likeness (QED) is 0.424. The van der Waals surface area contributed by atoms with E-state index in [4.69, 9.17) is 4.74 Å². The average Bonchev–Trinajstić information content (AvgIpc) is 2.83. The second-order valence-electron chi connectivity index (χ2n) is 7.50. The van der Waals surface area contributed by atoms with Crippen LogP contribution >= 0.6 is 0 Å². The van der Waals surface area contributed by atoms with Gasteiger partial charge in [0.05, 0.1) is 18.7 Å². The first-order valence-corrected chi connectivity index (χ1v) is 10.4. The van der Waals surface area contributed by atoms with E-state index in [0.717, 1.165) is 16.3 Å². The van der Waals surface area contributed by atoms with Crippen LogP contribution in [-0.4, -0.2) is 18.9 Å². The summed E-state index contributed by atoms with van der Waals surface area (Å²) in [7, 11) is 1.52. The van der Waals surface area contributed by atoms with Gasteiger partial charge in [-0.05, 0) is 53.6 Å². The fourth-order valence-electron chi connectivity index (χ4n) is 3.75. The third-order valence-corrected chi connectivity index (χ3v) is 5.37. The Balaban J connectivity index is 1.50. The standard InChI is InChI=1S/C27H24N2O3/c1-18(22-15-8-10-19-9-3-4-13-23(19)22)28-26(30)20-11-7-12-21(17-20)29-27(31)24-14-5-6-16-25(24)32-2/h3-18H,1-2H3,(H,28,30)(H,29,31). The summed E-state index contributed by atoms with van der Waals surface area (Å²) in [5, 5.41) is 8.15. The zero-order valence-corrected chi connectivity index (χ0v) is 18.0. The Morgan fingerprint density at radius 2 is 1.53 bits per heavy atom. The highest BCUT2D eigenvalue weighted by molar-refractivity contribution is 6.07. The highest BCUT2D eigenvalue weighted by atomic mass is 16.5. The van der Waals surface area contributed by atoms with Gasteiger partial charge < -0.3 is 15.4 Å². The SMILES string of the molecule is COc1ccccc1C(=O)Nc1cccc(C(=O)NC(C)c2cccc3ccccc23)c1. The molecule has 0 bridgehead atoms. The molecule has 0 saturated carbocycles. The number of hydrogen-bond acceptors (Lipinski definition) is 3. The molecule has 0 aliphatic heterocycles. The van der Waals surface area contributed by atoms with E-state index in [-0.39, 0.29) is 17.9 Å². The molecule has 5 heteroatoms. The Morgan fingerprint density at radius 1 is 0.812 bits per heavy atom. The topological polar surface area (TPSA) is 67.4 Å². The van der Waals surface area contributed by atoms with Crippen molar-refractivity contribution in [2.75, 3.05) is 12.4 Å². The number of anilines is 1. The maximum Gasteiger partial charge on any atom is 0.259 e. The second kappa shape index (κ2) is 9.35. The molecule has 0 saturated heterocycles. The predicted octanol–water partition coefficient (Wildman–Crippen LogP) is 5.59. The van der Waals surface area contributed by atoms with Gasteiger partial charge in [-0.3, -0.25) is 9.59 Å². The Kier molecular flexibility index (Phi) is 6.17. The summed E-state index contributed by atoms with van der Waals surface area (Å²) < 4.78 is 5.26. The van der Waals surface area contributed by atoms with Crippen LogP contribution in [0.1, 0.15) is 39.2 Å². The summed E-state index contributed by atoms with van der Waals surface area (Å²) in [6.45, 7) is 1.97. The molecule has 4 aromatic carbocycles. The van der Waals surface area contributed by atoms with Gasteiger partial charge in [0.15, 0.2) is 0 Å². The molecule has 32 heavy (non-hydrogen) atoms. The fraction of sp³-hybridized carbons (Fsp3) is 0.111. The summed E-state index contributed by atoms with van der Waals surface area (Å²) in [6, 6.07) is 27.9. The van der Waals surface area contributed by atoms with Crippen molar-refractivity contribution in [3.63, 3.8) is 0 Å². The van der Waals surface area contributed by atoms with Crippen LogP contribution in [0.15, 0.2) is 91.0 Å². The largest absolute Gasteiger partial charge is 0.496 e. The minimum atomic E-state index is -0.302. The maximum atomic E-state index is 12.9. The van der Waals surface area contributed by atoms with Crippen molar-refractivity contribution >= 4 is 28.3 Å². The summed E-state index contributed by atoms with van der Waals surface area (Å²) in [4.78, 5) is 25.6. The molecule has 0 aliphatic rings. The number of para-hydroxylation sites is 1. The average molecular weight is 425 g/mol. The van der Waals surface area contributed by atoms with E-state index in [1.54, 1.807) is 48.5 Å². The van der Waals surface area contributed by atoms with Gasteiger partial charge in [0.2, 0.25) is 0 Å². The highest BCUT2D eigenvalue weighted by Crippen LogP contribution is 2.25. The lowest BCUT2D eigenvalue weighted by molar-refractivity contribution is 0.0939. The molecule has 0 heterocycles. The first kappa shape index (κ1) is 21.1. The molecule has 0 radical (unpaired) electrons. The van der Waals surface area contributed by atoms with E-state index in [1.807, 2.05) is 31.2 Å². The molecular formula is C27H24N2O3. The van der Waals surface area contributed by atoms with Crippen LogP contribution in [-0.2, 0) is 0 Å². The van der Waals surface area contributed by atoms with Crippen molar-refractivity contribution in [3.05, 3.63) is 108 Å². The van der Waals surface area contributed by atoms with Crippen LogP contribution in [0.3, 0.4) is 0 Å². The van der Waals surface area contributed by atoms with Gasteiger partial charge in [0, 0.05) is 11.3 Å². The van der Waals surface area contributed by atoms with Gasteiger partial charge in [-0.2, -0.15) is 0 Å². The number of ether oxygens (including phenoxy) is 1. The fourth-order valence-corrected chi connectivity index (χ4v) is 3.75. The lowest BCUT2D eigenvalue weighted by atomic mass is 9.99. The number of fused-ring (bicyclic) bond motifs is 1. The summed E-state index contributed by atoms with van der Waals surface area (Å²) in [5.74, 6) is -0.0224. The van der Waals surface area contributed by atoms with E-state index >= 15 is 0 Å². The predicted molar refractivity (Wildman–Crippen MR) is 127 cm³/mol. The van der Waals surface area contributed by atoms with Crippen molar-refractivity contribution in [3.8, 4) is 5.75 Å². The normalized spacial score (nSPS) is 11.6. The molecule has 5 nitrogen and oxygen atoms in total. The first-order valence-electron chi connectivity index (χ1n) is 10.4. The minimum absolute atomic E-state index is 0.180. The van der Waals surface area contributed by atoms with Crippen LogP contribution in [0.2, 0.25) is 0 Å². The second-order valence-corrected chi connectivity index (χ2v) is 7.50. The van der Waals surface area contributed by atoms with Crippen molar-refractivity contribution < 1.29 is 14.3 Å². The van der Waals surface area contributed by atoms with E-state index < -0.39 is 0 Å². The first-order chi connectivity index (χ1) is 15.6. The Bertz CT molecular complexity index is 1280. The molecular weight excluding hydrogens is 400 g/mol. The molecule has 2 N–H and O–H groups in total. The van der Waals surface area contributed by atoms with E-state index in [1.165, 1.54) is 7.11 Å². The summed E-state index contributed by atoms with van der Waals surface area (Å²) in [5.41, 5.74) is 2.48. The Hall–Kier alpha value is -4.12. The molecule has 0 aromatic heterocycles. The van der Waals surface area contributed by atoms with Gasteiger partial charge in [-0.25, -0.2) is 0 Å². The Labute approximate surface area is 187 Å². The third-order valence-electron chi connectivity index (χ3n) is 5.37. The number of rotatable bonds is 6. The van der Waals surface area contributed by atoms with Gasteiger partial charge in [0.25, 0.3) is 11.8 Å². The van der Waals surface area contributed by atoms with Gasteiger partial charge >= 0.3 is 0 Å². The van der Waals surface area contributed by atoms with Gasteiger partial charge in [0.1, 0.15) is 5.75 Å². The lowest BCUT2D eigenvalue weighted by Gasteiger charge is -2.17. The smallest absolute Gasteiger partial charge is 0.259 e. The molecule has 0 fully saturated rings. The van der Waals surface area contributed by atoms with Crippen molar-refractivity contribution in [1.29, 1.82) is 0 Å². The van der Waals surface area contributed by atoms with Crippen LogP contribution in [0, 0.1) is 0 Å². The molecule has 1 unspecified atom stereocenters. The molecule has 4 aromatic rings. The Morgan fingerprint density at radius 3 is 2.38 bits per heavy atom. The molecule has 2 amide bonds. The molecule has 0 spiro atoms. The van der Waals surface area contributed by atoms with Crippen LogP contribution in [0.25, 0.3) is 10.8 Å². The molecule has 4 rings (SSSR count). The van der Waals surface area contributed by atoms with Crippen molar-refractivity contribution in [2.45, 2.75) is 13.0 Å². The van der Waals surface area contributed by atoms with Crippen molar-refractivity contribution in [1.82, 2.24) is 5.32 Å². The number of methoxy groups -OCH3 is 1. The van der Waals surface area contributed by atoms with Crippen molar-refractivity contribution in [2.24, 2.45) is 0 Å². The zero-order valence-electron chi connectivity index (χ0n) is 18.0. The summed E-state index contributed by atoms with van der Waals surface area (Å²) in [6.07, 6.45) is 0. The monoisotopic (exact) mass is 424 g/mol. The van der Waals surface area contributed by atoms with E-state index in [2.05, 4.69) is 28.8 Å². The van der Waals surface area contributed by atoms with Gasteiger partial charge in [-0.1, -0.05) is 60.7 Å². The highest BCUT2D eigenvalue weighted by Gasteiger charge is 2.15. The molecule has 0 aliphatic carbocycles. The minimum Gasteiger partial charge on any atom is -0.496 e. The van der Waals surface area contributed by atoms with Crippen LogP contribution in [0.4, 0.5) is 5.69 Å². The number of benzene rings is 4.